The molecule has 5 rings (SSSR count). The number of halogens is 1. The number of likely N-dealkylation sites (tertiary alicyclic amines) is 1. The zero-order chi connectivity index (χ0) is 19.1. The number of aromatic nitrogens is 1. The van der Waals surface area contributed by atoms with Crippen LogP contribution >= 0.6 is 11.6 Å². The second kappa shape index (κ2) is 7.16. The van der Waals surface area contributed by atoms with E-state index in [4.69, 9.17) is 11.6 Å². The summed E-state index contributed by atoms with van der Waals surface area (Å²) < 4.78 is 0. The van der Waals surface area contributed by atoms with E-state index >= 15 is 0 Å². The molecule has 0 saturated carbocycles. The molecule has 1 fully saturated rings. The lowest BCUT2D eigenvalue weighted by Crippen LogP contribution is -2.34. The van der Waals surface area contributed by atoms with E-state index in [1.807, 2.05) is 24.3 Å². The zero-order valence-electron chi connectivity index (χ0n) is 15.7. The molecule has 28 heavy (non-hydrogen) atoms. The van der Waals surface area contributed by atoms with E-state index in [2.05, 4.69) is 46.3 Å². The predicted octanol–water partition coefficient (Wildman–Crippen LogP) is 6.26. The van der Waals surface area contributed by atoms with Crippen LogP contribution in [0.4, 0.5) is 0 Å². The summed E-state index contributed by atoms with van der Waals surface area (Å²) in [6, 6.07) is 20.4. The molecule has 0 aliphatic carbocycles. The Morgan fingerprint density at radius 3 is 2.39 bits per heavy atom. The van der Waals surface area contributed by atoms with Gasteiger partial charge in [-0.05, 0) is 55.8 Å². The molecule has 4 aromatic rings. The number of H-pyrrole nitrogens is 1. The van der Waals surface area contributed by atoms with Crippen LogP contribution in [0.1, 0.15) is 36.4 Å². The Morgan fingerprint density at radius 2 is 1.61 bits per heavy atom. The van der Waals surface area contributed by atoms with Crippen molar-refractivity contribution in [1.29, 1.82) is 0 Å². The highest BCUT2D eigenvalue weighted by Crippen LogP contribution is 2.42. The number of nitrogens with one attached hydrogen (secondary N) is 1. The number of nitrogens with zero attached hydrogens (tertiary/aromatic N) is 1. The summed E-state index contributed by atoms with van der Waals surface area (Å²) >= 11 is 6.14. The molecular formula is C24H23ClN2O. The summed E-state index contributed by atoms with van der Waals surface area (Å²) in [6.45, 7) is 2.08. The maximum atomic E-state index is 11.4. The number of fused-ring (bicyclic) bond motifs is 3. The minimum atomic E-state index is 0.0237. The average Bonchev–Trinajstić information content (AvgIpc) is 3.11. The molecule has 142 valence electrons. The Hall–Kier alpha value is -2.49. The molecule has 3 nitrogen and oxygen atoms in total. The number of hydrogen-bond acceptors (Lipinski definition) is 2. The summed E-state index contributed by atoms with van der Waals surface area (Å²) in [5.41, 5.74) is 4.14. The van der Waals surface area contributed by atoms with Gasteiger partial charge in [-0.2, -0.15) is 0 Å². The molecule has 3 aromatic carbocycles. The first-order valence-corrected chi connectivity index (χ1v) is 10.3. The number of para-hydroxylation sites is 1. The highest BCUT2D eigenvalue weighted by atomic mass is 35.5. The van der Waals surface area contributed by atoms with Crippen LogP contribution in [0.5, 0.6) is 5.75 Å². The first kappa shape index (κ1) is 17.6. The van der Waals surface area contributed by atoms with Gasteiger partial charge in [0, 0.05) is 26.9 Å². The van der Waals surface area contributed by atoms with E-state index in [1.54, 1.807) is 0 Å². The van der Waals surface area contributed by atoms with Crippen molar-refractivity contribution in [3.63, 3.8) is 0 Å². The van der Waals surface area contributed by atoms with Crippen molar-refractivity contribution >= 4 is 33.4 Å². The molecule has 1 unspecified atom stereocenters. The van der Waals surface area contributed by atoms with Crippen LogP contribution in [0.2, 0.25) is 5.02 Å². The van der Waals surface area contributed by atoms with Crippen LogP contribution in [-0.4, -0.2) is 28.1 Å². The highest BCUT2D eigenvalue weighted by Gasteiger charge is 2.27. The van der Waals surface area contributed by atoms with Crippen LogP contribution in [0.3, 0.4) is 0 Å². The van der Waals surface area contributed by atoms with Crippen molar-refractivity contribution in [3.8, 4) is 5.75 Å². The van der Waals surface area contributed by atoms with E-state index in [1.165, 1.54) is 24.8 Å². The number of aromatic hydroxyl groups is 1. The fraction of sp³-hybridized carbons (Fsp3) is 0.250. The van der Waals surface area contributed by atoms with Gasteiger partial charge in [0.25, 0.3) is 0 Å². The normalized spacial score (nSPS) is 16.6. The van der Waals surface area contributed by atoms with Crippen molar-refractivity contribution in [2.75, 3.05) is 13.1 Å². The monoisotopic (exact) mass is 390 g/mol. The number of aromatic amines is 1. The van der Waals surface area contributed by atoms with Gasteiger partial charge in [0.2, 0.25) is 0 Å². The third-order valence-electron chi connectivity index (χ3n) is 5.91. The smallest absolute Gasteiger partial charge is 0.130 e. The minimum absolute atomic E-state index is 0.0237. The second-order valence-electron chi connectivity index (χ2n) is 7.65. The number of hydrogen-bond donors (Lipinski definition) is 2. The van der Waals surface area contributed by atoms with E-state index < -0.39 is 0 Å². The summed E-state index contributed by atoms with van der Waals surface area (Å²) in [4.78, 5) is 5.91. The van der Waals surface area contributed by atoms with Gasteiger partial charge in [-0.25, -0.2) is 0 Å². The molecular weight excluding hydrogens is 368 g/mol. The molecule has 2 heterocycles. The van der Waals surface area contributed by atoms with E-state index in [0.29, 0.717) is 5.75 Å². The Morgan fingerprint density at radius 1 is 0.857 bits per heavy atom. The van der Waals surface area contributed by atoms with Crippen LogP contribution in [0.25, 0.3) is 21.8 Å². The fourth-order valence-corrected chi connectivity index (χ4v) is 4.69. The van der Waals surface area contributed by atoms with Gasteiger partial charge in [0.05, 0.1) is 11.6 Å². The summed E-state index contributed by atoms with van der Waals surface area (Å²) in [7, 11) is 0. The topological polar surface area (TPSA) is 39.3 Å². The lowest BCUT2D eigenvalue weighted by atomic mass is 9.93. The molecule has 1 aliphatic rings. The zero-order valence-corrected chi connectivity index (χ0v) is 16.4. The number of phenolic OH excluding ortho intramolecular Hbond substituents is 1. The third kappa shape index (κ3) is 2.95. The van der Waals surface area contributed by atoms with Gasteiger partial charge in [-0.1, -0.05) is 54.4 Å². The molecule has 1 aliphatic heterocycles. The van der Waals surface area contributed by atoms with Crippen molar-refractivity contribution in [2.24, 2.45) is 0 Å². The molecule has 2 N–H and O–H groups in total. The van der Waals surface area contributed by atoms with Crippen molar-refractivity contribution < 1.29 is 5.11 Å². The maximum Gasteiger partial charge on any atom is 0.130 e. The lowest BCUT2D eigenvalue weighted by molar-refractivity contribution is 0.185. The molecule has 4 heteroatoms. The Labute approximate surface area is 169 Å². The number of benzene rings is 3. The fourth-order valence-electron chi connectivity index (χ4n) is 4.57. The Balaban J connectivity index is 1.71. The highest BCUT2D eigenvalue weighted by molar-refractivity contribution is 6.30. The van der Waals surface area contributed by atoms with Crippen LogP contribution < -0.4 is 0 Å². The second-order valence-corrected chi connectivity index (χ2v) is 8.08. The van der Waals surface area contributed by atoms with Crippen molar-refractivity contribution in [2.45, 2.75) is 25.3 Å². The first-order valence-electron chi connectivity index (χ1n) is 9.94. The molecule has 1 atom stereocenters. The minimum Gasteiger partial charge on any atom is -0.507 e. The predicted molar refractivity (Wildman–Crippen MR) is 116 cm³/mol. The van der Waals surface area contributed by atoms with Gasteiger partial charge in [-0.3, -0.25) is 4.90 Å². The SMILES string of the molecule is Oc1c(C(c2ccc(Cl)cc2)N2CCCCC2)ccc2[nH]c3ccccc3c12. The lowest BCUT2D eigenvalue weighted by Gasteiger charge is -2.35. The van der Waals surface area contributed by atoms with Crippen molar-refractivity contribution in [3.05, 3.63) is 76.8 Å². The first-order chi connectivity index (χ1) is 13.7. The molecule has 1 aromatic heterocycles. The van der Waals surface area contributed by atoms with Crippen LogP contribution in [0.15, 0.2) is 60.7 Å². The summed E-state index contributed by atoms with van der Waals surface area (Å²) in [5, 5.41) is 14.1. The third-order valence-corrected chi connectivity index (χ3v) is 6.16. The standard InChI is InChI=1S/C24H23ClN2O/c25-17-10-8-16(9-11-17)23(27-14-4-1-5-15-27)19-12-13-21-22(24(19)28)18-6-2-3-7-20(18)26-21/h2-3,6-13,23,26,28H,1,4-5,14-15H2. The molecule has 0 amide bonds. The van der Waals surface area contributed by atoms with Gasteiger partial charge in [0.15, 0.2) is 0 Å². The molecule has 0 radical (unpaired) electrons. The van der Waals surface area contributed by atoms with Gasteiger partial charge in [0.1, 0.15) is 5.75 Å². The largest absolute Gasteiger partial charge is 0.507 e. The van der Waals surface area contributed by atoms with E-state index in [9.17, 15) is 5.11 Å². The van der Waals surface area contributed by atoms with Crippen LogP contribution in [0, 0.1) is 0 Å². The Bertz CT molecular complexity index is 1130. The molecule has 0 bridgehead atoms. The molecule has 0 spiro atoms. The number of phenols is 1. The van der Waals surface area contributed by atoms with E-state index in [-0.39, 0.29) is 6.04 Å². The summed E-state index contributed by atoms with van der Waals surface area (Å²) in [5.74, 6) is 0.375. The van der Waals surface area contributed by atoms with Crippen LogP contribution in [-0.2, 0) is 0 Å². The number of rotatable bonds is 3. The summed E-state index contributed by atoms with van der Waals surface area (Å²) in [6.07, 6.45) is 3.66. The Kier molecular flexibility index (Phi) is 4.50. The quantitative estimate of drug-likeness (QED) is 0.433. The van der Waals surface area contributed by atoms with E-state index in [0.717, 1.165) is 45.5 Å². The maximum absolute atomic E-state index is 11.4. The van der Waals surface area contributed by atoms with Crippen molar-refractivity contribution in [1.82, 2.24) is 9.88 Å². The van der Waals surface area contributed by atoms with Gasteiger partial charge in [-0.15, -0.1) is 0 Å². The molecule has 1 saturated heterocycles. The van der Waals surface area contributed by atoms with Gasteiger partial charge < -0.3 is 10.1 Å². The number of piperidine rings is 1. The van der Waals surface area contributed by atoms with Gasteiger partial charge >= 0.3 is 0 Å². The average molecular weight is 391 g/mol.